The van der Waals surface area contributed by atoms with Gasteiger partial charge in [0.1, 0.15) is 6.29 Å². The van der Waals surface area contributed by atoms with Crippen molar-refractivity contribution in [1.82, 2.24) is 9.88 Å². The van der Waals surface area contributed by atoms with Gasteiger partial charge in [-0.05, 0) is 19.9 Å². The molecule has 0 spiro atoms. The molecule has 0 amide bonds. The van der Waals surface area contributed by atoms with Crippen LogP contribution in [0.3, 0.4) is 0 Å². The molecule has 1 aliphatic heterocycles. The van der Waals surface area contributed by atoms with E-state index < -0.39 is 0 Å². The van der Waals surface area contributed by atoms with E-state index in [0.717, 1.165) is 30.4 Å². The minimum Gasteiger partial charge on any atom is -0.400 e. The van der Waals surface area contributed by atoms with E-state index in [0.29, 0.717) is 18.7 Å². The van der Waals surface area contributed by atoms with Crippen LogP contribution in [0.5, 0.6) is 0 Å². The first-order valence-corrected chi connectivity index (χ1v) is 5.67. The third-order valence-corrected chi connectivity index (χ3v) is 2.78. The van der Waals surface area contributed by atoms with Gasteiger partial charge in [-0.25, -0.2) is 0 Å². The number of rotatable bonds is 3. The lowest BCUT2D eigenvalue weighted by Gasteiger charge is -2.15. The highest BCUT2D eigenvalue weighted by molar-refractivity contribution is 5.98. The van der Waals surface area contributed by atoms with E-state index in [1.54, 1.807) is 13.1 Å². The van der Waals surface area contributed by atoms with Crippen molar-refractivity contribution in [3.63, 3.8) is 0 Å². The summed E-state index contributed by atoms with van der Waals surface area (Å²) in [6.07, 6.45) is 4.56. The molecule has 18 heavy (non-hydrogen) atoms. The van der Waals surface area contributed by atoms with Crippen LogP contribution in [0.1, 0.15) is 35.5 Å². The molecule has 0 radical (unpaired) electrons. The Morgan fingerprint density at radius 3 is 2.78 bits per heavy atom. The Balaban J connectivity index is 0.000000771. The van der Waals surface area contributed by atoms with Crippen molar-refractivity contribution < 1.29 is 14.7 Å². The fraction of sp³-hybridized carbons (Fsp3) is 0.385. The van der Waals surface area contributed by atoms with E-state index in [2.05, 4.69) is 5.32 Å². The number of nitrogens with one attached hydrogen (secondary N) is 1. The summed E-state index contributed by atoms with van der Waals surface area (Å²) in [6, 6.07) is 0. The molecule has 1 aromatic rings. The van der Waals surface area contributed by atoms with Crippen LogP contribution < -0.4 is 5.32 Å². The monoisotopic (exact) mass is 250 g/mol. The van der Waals surface area contributed by atoms with Crippen LogP contribution in [-0.2, 0) is 17.9 Å². The number of carbonyl (C=O) groups excluding carboxylic acids is 2. The summed E-state index contributed by atoms with van der Waals surface area (Å²) in [6.45, 7) is 4.47. The van der Waals surface area contributed by atoms with Gasteiger partial charge < -0.3 is 19.8 Å². The number of hydrogen-bond donors (Lipinski definition) is 2. The van der Waals surface area contributed by atoms with Gasteiger partial charge in [-0.1, -0.05) is 0 Å². The van der Waals surface area contributed by atoms with Crippen molar-refractivity contribution in [3.8, 4) is 0 Å². The Hall–Kier alpha value is -1.88. The van der Waals surface area contributed by atoms with Crippen LogP contribution in [0.25, 0.3) is 6.08 Å². The Morgan fingerprint density at radius 2 is 2.22 bits per heavy atom. The zero-order chi connectivity index (χ0) is 13.7. The number of aromatic nitrogens is 1. The molecule has 5 heteroatoms. The Morgan fingerprint density at radius 1 is 1.56 bits per heavy atom. The van der Waals surface area contributed by atoms with Crippen molar-refractivity contribution in [2.24, 2.45) is 0 Å². The zero-order valence-electron chi connectivity index (χ0n) is 10.9. The van der Waals surface area contributed by atoms with Crippen molar-refractivity contribution in [1.29, 1.82) is 0 Å². The number of allylic oxidation sites excluding steroid dienone is 1. The Bertz CT molecular complexity index is 487. The first kappa shape index (κ1) is 14.2. The Kier molecular flexibility index (Phi) is 4.85. The fourth-order valence-corrected chi connectivity index (χ4v) is 1.99. The lowest BCUT2D eigenvalue weighted by atomic mass is 10.0. The molecule has 0 fully saturated rings. The molecule has 98 valence electrons. The van der Waals surface area contributed by atoms with Gasteiger partial charge in [0.2, 0.25) is 0 Å². The number of aliphatic hydroxyl groups is 1. The molecule has 2 heterocycles. The van der Waals surface area contributed by atoms with Gasteiger partial charge in [-0.2, -0.15) is 0 Å². The number of hydrogen-bond acceptors (Lipinski definition) is 4. The van der Waals surface area contributed by atoms with Gasteiger partial charge >= 0.3 is 0 Å². The first-order valence-electron chi connectivity index (χ1n) is 5.67. The molecule has 0 atom stereocenters. The molecule has 2 N–H and O–H groups in total. The third-order valence-electron chi connectivity index (χ3n) is 2.78. The predicted molar refractivity (Wildman–Crippen MR) is 69.1 cm³/mol. The van der Waals surface area contributed by atoms with Crippen molar-refractivity contribution in [2.45, 2.75) is 26.9 Å². The minimum absolute atomic E-state index is 0.0341. The molecule has 0 unspecified atom stereocenters. The second-order valence-corrected chi connectivity index (χ2v) is 3.96. The molecule has 5 nitrogen and oxygen atoms in total. The Labute approximate surface area is 106 Å². The maximum atomic E-state index is 11.5. The summed E-state index contributed by atoms with van der Waals surface area (Å²) in [5.74, 6) is 0.0341. The van der Waals surface area contributed by atoms with Crippen LogP contribution in [0.2, 0.25) is 0 Å². The second kappa shape index (κ2) is 6.16. The number of aldehydes is 1. The van der Waals surface area contributed by atoms with Crippen molar-refractivity contribution in [3.05, 3.63) is 28.7 Å². The smallest absolute Gasteiger partial charge is 0.161 e. The quantitative estimate of drug-likeness (QED) is 0.619. The number of Topliss-reactive ketones (excluding diaryl/α,β-unsaturated/α-hetero) is 1. The van der Waals surface area contributed by atoms with Gasteiger partial charge in [-0.15, -0.1) is 0 Å². The average molecular weight is 250 g/mol. The molecule has 0 aromatic carbocycles. The van der Waals surface area contributed by atoms with Crippen LogP contribution in [-0.4, -0.2) is 28.9 Å². The fourth-order valence-electron chi connectivity index (χ4n) is 1.99. The summed E-state index contributed by atoms with van der Waals surface area (Å²) < 4.78 is 1.83. The highest BCUT2D eigenvalue weighted by atomic mass is 16.2. The molecular weight excluding hydrogens is 232 g/mol. The molecule has 1 aromatic heterocycles. The molecule has 2 rings (SSSR count). The summed E-state index contributed by atoms with van der Waals surface area (Å²) in [7, 11) is 1.00. The van der Waals surface area contributed by atoms with E-state index in [9.17, 15) is 9.59 Å². The zero-order valence-corrected chi connectivity index (χ0v) is 10.9. The van der Waals surface area contributed by atoms with Crippen molar-refractivity contribution >= 4 is 18.1 Å². The number of nitrogens with zero attached hydrogens (tertiary/aromatic N) is 1. The minimum atomic E-state index is 0.0341. The molecule has 0 saturated carbocycles. The van der Waals surface area contributed by atoms with Gasteiger partial charge in [0, 0.05) is 35.8 Å². The lowest BCUT2D eigenvalue weighted by molar-refractivity contribution is -0.108. The number of aliphatic hydroxyl groups excluding tert-OH is 1. The number of ketones is 1. The first-order chi connectivity index (χ1) is 8.63. The largest absolute Gasteiger partial charge is 0.400 e. The third kappa shape index (κ3) is 2.68. The second-order valence-electron chi connectivity index (χ2n) is 3.96. The predicted octanol–water partition coefficient (Wildman–Crippen LogP) is 0.962. The average Bonchev–Trinajstić information content (AvgIpc) is 2.71. The van der Waals surface area contributed by atoms with E-state index in [1.807, 2.05) is 17.6 Å². The van der Waals surface area contributed by atoms with Gasteiger partial charge in [-0.3, -0.25) is 4.79 Å². The SMILES string of the molecule is CC(=O)c1cn(CC=O)c2c1C=C(C)NC2.CO. The normalized spacial score (nSPS) is 12.6. The summed E-state index contributed by atoms with van der Waals surface area (Å²) in [5, 5.41) is 10.2. The van der Waals surface area contributed by atoms with E-state index in [1.165, 1.54) is 0 Å². The van der Waals surface area contributed by atoms with Crippen molar-refractivity contribution in [2.75, 3.05) is 7.11 Å². The molecule has 0 bridgehead atoms. The van der Waals surface area contributed by atoms with Crippen LogP contribution in [0, 0.1) is 0 Å². The summed E-state index contributed by atoms with van der Waals surface area (Å²) in [5.41, 5.74) is 3.69. The topological polar surface area (TPSA) is 71.3 Å². The maximum Gasteiger partial charge on any atom is 0.161 e. The number of carbonyl (C=O) groups is 2. The van der Waals surface area contributed by atoms with Gasteiger partial charge in [0.05, 0.1) is 13.1 Å². The van der Waals surface area contributed by atoms with E-state index in [-0.39, 0.29) is 5.78 Å². The summed E-state index contributed by atoms with van der Waals surface area (Å²) >= 11 is 0. The molecular formula is C13H18N2O3. The molecule has 1 aliphatic rings. The van der Waals surface area contributed by atoms with Crippen LogP contribution in [0.4, 0.5) is 0 Å². The highest BCUT2D eigenvalue weighted by Crippen LogP contribution is 2.24. The lowest BCUT2D eigenvalue weighted by Crippen LogP contribution is -2.18. The van der Waals surface area contributed by atoms with Crippen LogP contribution >= 0.6 is 0 Å². The van der Waals surface area contributed by atoms with E-state index in [4.69, 9.17) is 5.11 Å². The number of fused-ring (bicyclic) bond motifs is 1. The molecule has 0 aliphatic carbocycles. The maximum absolute atomic E-state index is 11.5. The van der Waals surface area contributed by atoms with E-state index >= 15 is 0 Å². The van der Waals surface area contributed by atoms with Gasteiger partial charge in [0.15, 0.2) is 5.78 Å². The standard InChI is InChI=1S/C12H14N2O2.CH4O/c1-8-5-10-11(9(2)16)7-14(3-4-15)12(10)6-13-8;1-2/h4-5,7,13H,3,6H2,1-2H3;2H,1H3. The summed E-state index contributed by atoms with van der Waals surface area (Å²) in [4.78, 5) is 22.1. The molecule has 0 saturated heterocycles. The highest BCUT2D eigenvalue weighted by Gasteiger charge is 2.19. The van der Waals surface area contributed by atoms with Gasteiger partial charge in [0.25, 0.3) is 0 Å². The van der Waals surface area contributed by atoms with Crippen LogP contribution in [0.15, 0.2) is 11.9 Å².